The number of rotatable bonds is 7. The summed E-state index contributed by atoms with van der Waals surface area (Å²) in [5.41, 5.74) is 0. The van der Waals surface area contributed by atoms with Crippen molar-refractivity contribution in [2.75, 3.05) is 39.8 Å². The molecule has 138 valence electrons. The molecule has 2 amide bonds. The molecular weight excluding hydrogens is 336 g/mol. The van der Waals surface area contributed by atoms with Crippen LogP contribution in [0.3, 0.4) is 0 Å². The number of carbonyl (C=O) groups excluding carboxylic acids is 2. The van der Waals surface area contributed by atoms with Crippen LogP contribution in [0.1, 0.15) is 24.6 Å². The Balaban J connectivity index is 1.39. The van der Waals surface area contributed by atoms with Crippen LogP contribution in [0.15, 0.2) is 17.5 Å². The molecule has 25 heavy (non-hydrogen) atoms. The van der Waals surface area contributed by atoms with E-state index in [9.17, 15) is 9.59 Å². The maximum Gasteiger partial charge on any atom is 0.237 e. The molecule has 2 fully saturated rings. The summed E-state index contributed by atoms with van der Waals surface area (Å²) in [6.45, 7) is 6.45. The van der Waals surface area contributed by atoms with Crippen molar-refractivity contribution in [3.8, 4) is 0 Å². The van der Waals surface area contributed by atoms with Gasteiger partial charge < -0.3 is 10.2 Å². The lowest BCUT2D eigenvalue weighted by Gasteiger charge is -2.37. The molecule has 3 rings (SSSR count). The normalized spacial score (nSPS) is 20.2. The van der Waals surface area contributed by atoms with Crippen LogP contribution in [0.5, 0.6) is 0 Å². The lowest BCUT2D eigenvalue weighted by Crippen LogP contribution is -2.55. The monoisotopic (exact) mass is 364 g/mol. The third-order valence-electron chi connectivity index (χ3n) is 5.02. The predicted octanol–water partition coefficient (Wildman–Crippen LogP) is 0.991. The van der Waals surface area contributed by atoms with E-state index in [1.54, 1.807) is 16.2 Å². The van der Waals surface area contributed by atoms with Gasteiger partial charge in [-0.25, -0.2) is 0 Å². The summed E-state index contributed by atoms with van der Waals surface area (Å²) in [5.74, 6) is 0.295. The van der Waals surface area contributed by atoms with Gasteiger partial charge in [0.05, 0.1) is 19.1 Å². The Labute approximate surface area is 153 Å². The molecule has 2 heterocycles. The van der Waals surface area contributed by atoms with Gasteiger partial charge in [0.1, 0.15) is 0 Å². The molecule has 1 aromatic rings. The van der Waals surface area contributed by atoms with Crippen LogP contribution in [0, 0.1) is 0 Å². The molecule has 2 aliphatic rings. The number of piperazine rings is 1. The Morgan fingerprint density at radius 1 is 1.32 bits per heavy atom. The summed E-state index contributed by atoms with van der Waals surface area (Å²) >= 11 is 1.68. The van der Waals surface area contributed by atoms with Gasteiger partial charge in [-0.15, -0.1) is 11.3 Å². The van der Waals surface area contributed by atoms with Crippen molar-refractivity contribution in [2.45, 2.75) is 38.4 Å². The quantitative estimate of drug-likeness (QED) is 0.784. The molecule has 0 aromatic carbocycles. The highest BCUT2D eigenvalue weighted by molar-refractivity contribution is 7.09. The smallest absolute Gasteiger partial charge is 0.237 e. The molecular formula is C18H28N4O2S. The van der Waals surface area contributed by atoms with Gasteiger partial charge in [0.15, 0.2) is 0 Å². The van der Waals surface area contributed by atoms with Crippen LogP contribution in [-0.4, -0.2) is 78.4 Å². The Morgan fingerprint density at radius 3 is 2.64 bits per heavy atom. The molecule has 1 aliphatic carbocycles. The number of nitrogens with zero attached hydrogens (tertiary/aromatic N) is 3. The Hall–Kier alpha value is -1.44. The number of hydrogen-bond donors (Lipinski definition) is 1. The van der Waals surface area contributed by atoms with Gasteiger partial charge in [0, 0.05) is 44.1 Å². The summed E-state index contributed by atoms with van der Waals surface area (Å²) in [4.78, 5) is 32.0. The minimum atomic E-state index is -0.0834. The maximum atomic E-state index is 12.4. The van der Waals surface area contributed by atoms with E-state index in [2.05, 4.69) is 21.2 Å². The van der Waals surface area contributed by atoms with E-state index in [-0.39, 0.29) is 17.9 Å². The fourth-order valence-corrected chi connectivity index (χ4v) is 3.82. The number of thiophene rings is 1. The average Bonchev–Trinajstić information content (AvgIpc) is 3.27. The number of amides is 2. The molecule has 7 heteroatoms. The molecule has 0 radical (unpaired) electrons. The zero-order valence-corrected chi connectivity index (χ0v) is 15.9. The molecule has 1 aliphatic heterocycles. The molecule has 1 saturated heterocycles. The molecule has 1 unspecified atom stereocenters. The molecule has 6 nitrogen and oxygen atoms in total. The van der Waals surface area contributed by atoms with E-state index in [0.717, 1.165) is 39.0 Å². The van der Waals surface area contributed by atoms with Gasteiger partial charge in [-0.3, -0.25) is 19.4 Å². The van der Waals surface area contributed by atoms with E-state index < -0.39 is 0 Å². The van der Waals surface area contributed by atoms with Crippen LogP contribution in [-0.2, 0) is 16.1 Å². The Morgan fingerprint density at radius 2 is 2.04 bits per heavy atom. The fourth-order valence-electron chi connectivity index (χ4n) is 3.06. The van der Waals surface area contributed by atoms with E-state index in [4.69, 9.17) is 0 Å². The van der Waals surface area contributed by atoms with E-state index >= 15 is 0 Å². The van der Waals surface area contributed by atoms with Crippen LogP contribution in [0.2, 0.25) is 0 Å². The van der Waals surface area contributed by atoms with Crippen LogP contribution >= 0.6 is 11.3 Å². The lowest BCUT2D eigenvalue weighted by molar-refractivity contribution is -0.133. The summed E-state index contributed by atoms with van der Waals surface area (Å²) in [5, 5.41) is 5.11. The Bertz CT molecular complexity index is 580. The molecule has 0 spiro atoms. The van der Waals surface area contributed by atoms with Gasteiger partial charge in [-0.2, -0.15) is 0 Å². The highest BCUT2D eigenvalue weighted by Gasteiger charge is 2.30. The summed E-state index contributed by atoms with van der Waals surface area (Å²) in [6, 6.07) is 4.40. The molecule has 0 bridgehead atoms. The first-order chi connectivity index (χ1) is 12.0. The summed E-state index contributed by atoms with van der Waals surface area (Å²) < 4.78 is 0. The molecule has 1 N–H and O–H groups in total. The van der Waals surface area contributed by atoms with Crippen molar-refractivity contribution in [1.82, 2.24) is 20.0 Å². The maximum absolute atomic E-state index is 12.4. The predicted molar refractivity (Wildman–Crippen MR) is 99.4 cm³/mol. The first kappa shape index (κ1) is 18.4. The van der Waals surface area contributed by atoms with Crippen molar-refractivity contribution in [3.63, 3.8) is 0 Å². The highest BCUT2D eigenvalue weighted by atomic mass is 32.1. The fraction of sp³-hybridized carbons (Fsp3) is 0.667. The lowest BCUT2D eigenvalue weighted by atomic mass is 10.2. The third kappa shape index (κ3) is 5.26. The van der Waals surface area contributed by atoms with Crippen LogP contribution in [0.25, 0.3) is 0 Å². The van der Waals surface area contributed by atoms with Gasteiger partial charge in [0.2, 0.25) is 11.8 Å². The average molecular weight is 365 g/mol. The van der Waals surface area contributed by atoms with Crippen LogP contribution in [0.4, 0.5) is 0 Å². The van der Waals surface area contributed by atoms with Crippen molar-refractivity contribution in [3.05, 3.63) is 22.4 Å². The number of carbonyl (C=O) groups is 2. The summed E-state index contributed by atoms with van der Waals surface area (Å²) in [7, 11) is 1.86. The number of likely N-dealkylation sites (N-methyl/N-ethyl adjacent to an activating group) is 1. The highest BCUT2D eigenvalue weighted by Crippen LogP contribution is 2.19. The van der Waals surface area contributed by atoms with Crippen molar-refractivity contribution < 1.29 is 9.59 Å². The molecule has 1 saturated carbocycles. The Kier molecular flexibility index (Phi) is 6.09. The van der Waals surface area contributed by atoms with Crippen molar-refractivity contribution in [2.24, 2.45) is 0 Å². The SMILES string of the molecule is CC(C(=O)NC1CC1)N1CCN(CC(=O)N(C)Cc2cccs2)CC1. The van der Waals surface area contributed by atoms with Crippen molar-refractivity contribution in [1.29, 1.82) is 0 Å². The standard InChI is InChI=1S/C18H28N4O2S/c1-14(18(24)19-15-5-6-15)22-9-7-21(8-10-22)13-17(23)20(2)12-16-4-3-11-25-16/h3-4,11,14-15H,5-10,12-13H2,1-2H3,(H,19,24). The third-order valence-corrected chi connectivity index (χ3v) is 5.88. The zero-order chi connectivity index (χ0) is 17.8. The largest absolute Gasteiger partial charge is 0.352 e. The minimum Gasteiger partial charge on any atom is -0.352 e. The second kappa shape index (κ2) is 8.29. The second-order valence-corrected chi connectivity index (χ2v) is 8.13. The topological polar surface area (TPSA) is 55.9 Å². The van der Waals surface area contributed by atoms with Crippen molar-refractivity contribution >= 4 is 23.2 Å². The van der Waals surface area contributed by atoms with E-state index in [0.29, 0.717) is 19.1 Å². The summed E-state index contributed by atoms with van der Waals surface area (Å²) in [6.07, 6.45) is 2.24. The zero-order valence-electron chi connectivity index (χ0n) is 15.1. The van der Waals surface area contributed by atoms with Gasteiger partial charge in [-0.05, 0) is 31.2 Å². The second-order valence-electron chi connectivity index (χ2n) is 7.10. The van der Waals surface area contributed by atoms with Crippen LogP contribution < -0.4 is 5.32 Å². The first-order valence-corrected chi connectivity index (χ1v) is 9.94. The molecule has 1 atom stereocenters. The van der Waals surface area contributed by atoms with Gasteiger partial charge in [0.25, 0.3) is 0 Å². The van der Waals surface area contributed by atoms with Gasteiger partial charge >= 0.3 is 0 Å². The van der Waals surface area contributed by atoms with E-state index in [1.807, 2.05) is 25.4 Å². The number of hydrogen-bond acceptors (Lipinski definition) is 5. The minimum absolute atomic E-state index is 0.0834. The van der Waals surface area contributed by atoms with E-state index in [1.165, 1.54) is 4.88 Å². The number of nitrogens with one attached hydrogen (secondary N) is 1. The first-order valence-electron chi connectivity index (χ1n) is 9.06. The molecule has 1 aromatic heterocycles. The van der Waals surface area contributed by atoms with Gasteiger partial charge in [-0.1, -0.05) is 6.07 Å².